The van der Waals surface area contributed by atoms with Gasteiger partial charge >= 0.3 is 0 Å². The molecule has 0 aliphatic rings. The summed E-state index contributed by atoms with van der Waals surface area (Å²) in [5.41, 5.74) is 1.44. The minimum atomic E-state index is -0.846. The van der Waals surface area contributed by atoms with Crippen LogP contribution >= 0.6 is 0 Å². The number of hydrogen-bond acceptors (Lipinski definition) is 5. The second kappa shape index (κ2) is 5.14. The highest BCUT2D eigenvalue weighted by atomic mass is 19.1. The van der Waals surface area contributed by atoms with Crippen molar-refractivity contribution in [2.45, 2.75) is 26.6 Å². The molecule has 0 saturated carbocycles. The Labute approximate surface area is 103 Å². The lowest BCUT2D eigenvalue weighted by Crippen LogP contribution is -2.00. The van der Waals surface area contributed by atoms with Gasteiger partial charge < -0.3 is 9.84 Å². The highest BCUT2D eigenvalue weighted by Gasteiger charge is 2.10. The summed E-state index contributed by atoms with van der Waals surface area (Å²) in [7, 11) is 0. The average molecular weight is 252 g/mol. The number of nitrogens with zero attached hydrogens (tertiary/aromatic N) is 2. The van der Waals surface area contributed by atoms with Crippen LogP contribution in [0.2, 0.25) is 0 Å². The largest absolute Gasteiger partial charge is 0.487 e. The predicted molar refractivity (Wildman–Crippen MR) is 60.4 cm³/mol. The number of hydrogen-bond donors (Lipinski definition) is 1. The molecule has 18 heavy (non-hydrogen) atoms. The van der Waals surface area contributed by atoms with Gasteiger partial charge in [0.1, 0.15) is 29.6 Å². The number of rotatable bonds is 4. The monoisotopic (exact) mass is 252 g/mol. The molecule has 1 heterocycles. The van der Waals surface area contributed by atoms with Gasteiger partial charge in [-0.2, -0.15) is 0 Å². The zero-order valence-corrected chi connectivity index (χ0v) is 10.1. The zero-order valence-electron chi connectivity index (χ0n) is 10.1. The van der Waals surface area contributed by atoms with Crippen molar-refractivity contribution in [3.05, 3.63) is 41.0 Å². The molecule has 0 saturated heterocycles. The number of aromatic nitrogens is 2. The van der Waals surface area contributed by atoms with Gasteiger partial charge in [-0.15, -0.1) is 0 Å². The molecule has 1 aromatic heterocycles. The fourth-order valence-electron chi connectivity index (χ4n) is 1.47. The summed E-state index contributed by atoms with van der Waals surface area (Å²) >= 11 is 0. The Kier molecular flexibility index (Phi) is 3.57. The summed E-state index contributed by atoms with van der Waals surface area (Å²) < 4.78 is 23.4. The second-order valence-electron chi connectivity index (χ2n) is 3.94. The first-order valence-electron chi connectivity index (χ1n) is 5.46. The van der Waals surface area contributed by atoms with Gasteiger partial charge in [-0.05, 0) is 26.0 Å². The van der Waals surface area contributed by atoms with Gasteiger partial charge in [-0.3, -0.25) is 0 Å². The molecule has 5 nitrogen and oxygen atoms in total. The van der Waals surface area contributed by atoms with Gasteiger partial charge in [0.05, 0.1) is 6.10 Å². The smallest absolute Gasteiger partial charge is 0.145 e. The molecular weight excluding hydrogens is 239 g/mol. The van der Waals surface area contributed by atoms with E-state index in [2.05, 4.69) is 14.9 Å². The van der Waals surface area contributed by atoms with Crippen LogP contribution in [0.3, 0.4) is 0 Å². The Balaban J connectivity index is 2.07. The van der Waals surface area contributed by atoms with Crippen LogP contribution in [0.25, 0.3) is 0 Å². The van der Waals surface area contributed by atoms with E-state index in [0.29, 0.717) is 17.1 Å². The Hall–Kier alpha value is -1.95. The van der Waals surface area contributed by atoms with Crippen molar-refractivity contribution >= 4 is 0 Å². The van der Waals surface area contributed by atoms with E-state index in [9.17, 15) is 9.50 Å². The van der Waals surface area contributed by atoms with E-state index >= 15 is 0 Å². The predicted octanol–water partition coefficient (Wildman–Crippen LogP) is 2.15. The van der Waals surface area contributed by atoms with E-state index in [1.54, 1.807) is 13.0 Å². The van der Waals surface area contributed by atoms with Gasteiger partial charge in [0.2, 0.25) is 0 Å². The molecule has 0 aliphatic carbocycles. The molecule has 96 valence electrons. The quantitative estimate of drug-likeness (QED) is 0.902. The van der Waals surface area contributed by atoms with Gasteiger partial charge in [0.25, 0.3) is 0 Å². The van der Waals surface area contributed by atoms with E-state index in [-0.39, 0.29) is 12.2 Å². The minimum absolute atomic E-state index is 0.156. The van der Waals surface area contributed by atoms with Crippen LogP contribution in [-0.4, -0.2) is 15.4 Å². The molecular formula is C12H13FN2O3. The number of aliphatic hydroxyl groups excluding tert-OH is 1. The third-order valence-corrected chi connectivity index (χ3v) is 2.54. The zero-order chi connectivity index (χ0) is 13.1. The van der Waals surface area contributed by atoms with Crippen LogP contribution < -0.4 is 4.74 Å². The van der Waals surface area contributed by atoms with Crippen molar-refractivity contribution in [1.29, 1.82) is 0 Å². The summed E-state index contributed by atoms with van der Waals surface area (Å²) in [5.74, 6) is -0.142. The molecule has 0 bridgehead atoms. The summed E-state index contributed by atoms with van der Waals surface area (Å²) in [6, 6.07) is 4.31. The van der Waals surface area contributed by atoms with Crippen molar-refractivity contribution in [1.82, 2.24) is 10.3 Å². The fourth-order valence-corrected chi connectivity index (χ4v) is 1.47. The van der Waals surface area contributed by atoms with E-state index < -0.39 is 11.9 Å². The Morgan fingerprint density at radius 3 is 2.78 bits per heavy atom. The molecule has 0 amide bonds. The molecule has 0 unspecified atom stereocenters. The van der Waals surface area contributed by atoms with Gasteiger partial charge in [-0.25, -0.2) is 9.02 Å². The second-order valence-corrected chi connectivity index (χ2v) is 3.94. The molecule has 1 atom stereocenters. The summed E-state index contributed by atoms with van der Waals surface area (Å²) in [6.45, 7) is 3.40. The topological polar surface area (TPSA) is 68.4 Å². The van der Waals surface area contributed by atoms with Gasteiger partial charge in [0.15, 0.2) is 0 Å². The van der Waals surface area contributed by atoms with Crippen LogP contribution in [0.5, 0.6) is 5.75 Å². The number of aliphatic hydroxyl groups is 1. The number of benzene rings is 1. The fraction of sp³-hybridized carbons (Fsp3) is 0.333. The summed E-state index contributed by atoms with van der Waals surface area (Å²) in [5, 5.41) is 16.6. The Morgan fingerprint density at radius 1 is 1.44 bits per heavy atom. The molecule has 1 N–H and O–H groups in total. The molecule has 1 aromatic carbocycles. The molecule has 0 radical (unpaired) electrons. The third kappa shape index (κ3) is 2.65. The summed E-state index contributed by atoms with van der Waals surface area (Å²) in [6.07, 6.45) is -0.846. The molecule has 2 aromatic rings. The van der Waals surface area contributed by atoms with Crippen LogP contribution in [-0.2, 0) is 6.61 Å². The van der Waals surface area contributed by atoms with E-state index in [1.807, 2.05) is 0 Å². The molecule has 6 heteroatoms. The molecule has 0 aliphatic heterocycles. The molecule has 2 rings (SSSR count). The van der Waals surface area contributed by atoms with Crippen LogP contribution in [0, 0.1) is 12.7 Å². The lowest BCUT2D eigenvalue weighted by molar-refractivity contribution is 0.193. The van der Waals surface area contributed by atoms with E-state index in [0.717, 1.165) is 0 Å². The van der Waals surface area contributed by atoms with Crippen LogP contribution in [0.15, 0.2) is 22.8 Å². The number of halogens is 1. The number of aryl methyl sites for hydroxylation is 1. The maximum absolute atomic E-state index is 13.6. The van der Waals surface area contributed by atoms with Crippen molar-refractivity contribution in [2.75, 3.05) is 0 Å². The maximum atomic E-state index is 13.6. The van der Waals surface area contributed by atoms with Crippen LogP contribution in [0.1, 0.15) is 30.0 Å². The van der Waals surface area contributed by atoms with Crippen LogP contribution in [0.4, 0.5) is 4.39 Å². The van der Waals surface area contributed by atoms with Gasteiger partial charge in [-0.1, -0.05) is 10.3 Å². The van der Waals surface area contributed by atoms with Crippen molar-refractivity contribution in [3.8, 4) is 5.75 Å². The normalized spacial score (nSPS) is 12.4. The Bertz CT molecular complexity index is 540. The van der Waals surface area contributed by atoms with E-state index in [1.165, 1.54) is 19.1 Å². The van der Waals surface area contributed by atoms with E-state index in [4.69, 9.17) is 4.74 Å². The molecule has 0 spiro atoms. The number of ether oxygens (including phenoxy) is 1. The maximum Gasteiger partial charge on any atom is 0.145 e. The lowest BCUT2D eigenvalue weighted by Gasteiger charge is -2.09. The van der Waals surface area contributed by atoms with Crippen molar-refractivity contribution in [3.63, 3.8) is 0 Å². The van der Waals surface area contributed by atoms with Crippen molar-refractivity contribution < 1.29 is 18.9 Å². The third-order valence-electron chi connectivity index (χ3n) is 2.54. The average Bonchev–Trinajstić information content (AvgIpc) is 2.72. The standard InChI is InChI=1S/C12H13FN2O3/c1-7-12(15-18-14-7)6-17-9-3-4-10(8(2)16)11(13)5-9/h3-5,8,16H,6H2,1-2H3/t8-/m1/s1. The summed E-state index contributed by atoms with van der Waals surface area (Å²) in [4.78, 5) is 0. The highest BCUT2D eigenvalue weighted by Crippen LogP contribution is 2.22. The lowest BCUT2D eigenvalue weighted by atomic mass is 10.1. The van der Waals surface area contributed by atoms with Gasteiger partial charge in [0, 0.05) is 11.6 Å². The highest BCUT2D eigenvalue weighted by molar-refractivity contribution is 5.30. The first-order chi connectivity index (χ1) is 8.58. The van der Waals surface area contributed by atoms with Crippen molar-refractivity contribution in [2.24, 2.45) is 0 Å². The SMILES string of the molecule is Cc1nonc1COc1ccc([C@@H](C)O)c(F)c1. The minimum Gasteiger partial charge on any atom is -0.487 e. The first kappa shape index (κ1) is 12.5. The Morgan fingerprint density at radius 2 is 2.22 bits per heavy atom. The molecule has 0 fully saturated rings. The first-order valence-corrected chi connectivity index (χ1v) is 5.46.